The van der Waals surface area contributed by atoms with Crippen molar-refractivity contribution in [1.82, 2.24) is 4.90 Å². The topological polar surface area (TPSA) is 92.8 Å². The minimum Gasteiger partial charge on any atom is -0.456 e. The van der Waals surface area contributed by atoms with Crippen LogP contribution in [0, 0.1) is 41.3 Å². The first-order valence-electron chi connectivity index (χ1n) is 10.2. The second kappa shape index (κ2) is 7.04. The van der Waals surface area contributed by atoms with Crippen LogP contribution in [0.15, 0.2) is 36.4 Å². The van der Waals surface area contributed by atoms with Crippen molar-refractivity contribution in [2.45, 2.75) is 12.8 Å². The summed E-state index contributed by atoms with van der Waals surface area (Å²) in [5.41, 5.74) is 0.384. The van der Waals surface area contributed by atoms with Gasteiger partial charge in [-0.2, -0.15) is 0 Å². The minimum absolute atomic E-state index is 0.0299. The summed E-state index contributed by atoms with van der Waals surface area (Å²) in [5.74, 6) is -1.23. The fraction of sp³-hybridized carbons (Fsp3) is 0.455. The number of likely N-dealkylation sites (tertiary alicyclic amines) is 1. The number of esters is 1. The first-order chi connectivity index (χ1) is 14.4. The highest BCUT2D eigenvalue weighted by Gasteiger charge is 2.66. The number of carbonyl (C=O) groups is 4. The lowest BCUT2D eigenvalue weighted by Crippen LogP contribution is -2.40. The van der Waals surface area contributed by atoms with Crippen LogP contribution in [0.25, 0.3) is 0 Å². The predicted octanol–water partition coefficient (Wildman–Crippen LogP) is 1.75. The highest BCUT2D eigenvalue weighted by atomic mass is 19.1. The standard InChI is InChI=1S/C22H21FN2O5/c23-11-1-3-12(4-2-11)24-17(26)10-30-18(27)7-8-25-21(28)19-13-5-6-14(16-9-15(13)16)20(19)22(25)29/h1-6,13-16,19-20H,7-10H2,(H,24,26)/t13-,14-,15-,16-,19+,20+/m0/s1. The Labute approximate surface area is 172 Å². The van der Waals surface area contributed by atoms with E-state index in [4.69, 9.17) is 4.74 Å². The molecule has 0 spiro atoms. The van der Waals surface area contributed by atoms with Crippen LogP contribution in [-0.4, -0.2) is 41.7 Å². The summed E-state index contributed by atoms with van der Waals surface area (Å²) >= 11 is 0. The summed E-state index contributed by atoms with van der Waals surface area (Å²) in [6.45, 7) is -0.529. The Morgan fingerprint density at radius 1 is 1.03 bits per heavy atom. The first kappa shape index (κ1) is 19.0. The number of imide groups is 1. The van der Waals surface area contributed by atoms with Gasteiger partial charge in [0.1, 0.15) is 5.82 Å². The minimum atomic E-state index is -0.663. The van der Waals surface area contributed by atoms with Crippen molar-refractivity contribution < 1.29 is 28.3 Å². The van der Waals surface area contributed by atoms with Crippen LogP contribution in [-0.2, 0) is 23.9 Å². The van der Waals surface area contributed by atoms with Gasteiger partial charge >= 0.3 is 5.97 Å². The molecule has 1 aromatic rings. The summed E-state index contributed by atoms with van der Waals surface area (Å²) in [6, 6.07) is 5.19. The summed E-state index contributed by atoms with van der Waals surface area (Å²) in [6.07, 6.45) is 5.14. The van der Waals surface area contributed by atoms with E-state index in [9.17, 15) is 23.6 Å². The summed E-state index contributed by atoms with van der Waals surface area (Å²) in [4.78, 5) is 50.7. The third-order valence-corrected chi connectivity index (χ3v) is 6.79. The molecule has 0 aromatic heterocycles. The molecule has 6 rings (SSSR count). The van der Waals surface area contributed by atoms with Crippen molar-refractivity contribution in [2.24, 2.45) is 35.5 Å². The second-order valence-electron chi connectivity index (χ2n) is 8.45. The first-order valence-corrected chi connectivity index (χ1v) is 10.2. The molecule has 3 amide bonds. The van der Waals surface area contributed by atoms with E-state index in [1.54, 1.807) is 0 Å². The number of halogens is 1. The maximum Gasteiger partial charge on any atom is 0.308 e. The molecule has 0 unspecified atom stereocenters. The van der Waals surface area contributed by atoms with Gasteiger partial charge < -0.3 is 10.1 Å². The number of nitrogens with one attached hydrogen (secondary N) is 1. The normalized spacial score (nSPS) is 32.6. The molecule has 1 aliphatic heterocycles. The monoisotopic (exact) mass is 412 g/mol. The Morgan fingerprint density at radius 2 is 1.63 bits per heavy atom. The number of carbonyl (C=O) groups excluding carboxylic acids is 4. The Bertz CT molecular complexity index is 923. The number of rotatable bonds is 6. The third kappa shape index (κ3) is 3.11. The summed E-state index contributed by atoms with van der Waals surface area (Å²) in [5, 5.41) is 2.49. The van der Waals surface area contributed by atoms with Gasteiger partial charge in [-0.25, -0.2) is 4.39 Å². The van der Waals surface area contributed by atoms with Crippen molar-refractivity contribution >= 4 is 29.4 Å². The van der Waals surface area contributed by atoms with E-state index in [1.165, 1.54) is 29.2 Å². The van der Waals surface area contributed by atoms with Gasteiger partial charge in [0.15, 0.2) is 6.61 Å². The largest absolute Gasteiger partial charge is 0.456 e. The molecular formula is C22H21FN2O5. The molecule has 5 aliphatic rings. The van der Waals surface area contributed by atoms with Gasteiger partial charge in [-0.1, -0.05) is 12.2 Å². The number of benzene rings is 1. The van der Waals surface area contributed by atoms with Gasteiger partial charge in [-0.3, -0.25) is 24.1 Å². The lowest BCUT2D eigenvalue weighted by Gasteiger charge is -2.37. The van der Waals surface area contributed by atoms with Crippen LogP contribution in [0.1, 0.15) is 12.8 Å². The van der Waals surface area contributed by atoms with E-state index in [1.807, 2.05) is 0 Å². The highest BCUT2D eigenvalue weighted by molar-refractivity contribution is 6.06. The maximum atomic E-state index is 12.9. The Balaban J connectivity index is 1.11. The molecule has 1 N–H and O–H groups in total. The van der Waals surface area contributed by atoms with Crippen LogP contribution < -0.4 is 5.32 Å². The van der Waals surface area contributed by atoms with Gasteiger partial charge in [-0.05, 0) is 54.4 Å². The van der Waals surface area contributed by atoms with Crippen LogP contribution in [0.4, 0.5) is 10.1 Å². The summed E-state index contributed by atoms with van der Waals surface area (Å²) in [7, 11) is 0. The van der Waals surface area contributed by atoms with Gasteiger partial charge in [0.25, 0.3) is 5.91 Å². The zero-order valence-electron chi connectivity index (χ0n) is 16.1. The number of ether oxygens (including phenoxy) is 1. The van der Waals surface area contributed by atoms with Crippen LogP contribution >= 0.6 is 0 Å². The fourth-order valence-electron chi connectivity index (χ4n) is 5.39. The number of hydrogen-bond acceptors (Lipinski definition) is 5. The molecule has 3 fully saturated rings. The zero-order chi connectivity index (χ0) is 21.0. The molecule has 2 saturated carbocycles. The van der Waals surface area contributed by atoms with E-state index < -0.39 is 24.3 Å². The van der Waals surface area contributed by atoms with E-state index in [2.05, 4.69) is 17.5 Å². The number of anilines is 1. The quantitative estimate of drug-likeness (QED) is 0.437. The molecule has 2 bridgehead atoms. The zero-order valence-corrected chi connectivity index (χ0v) is 16.1. The van der Waals surface area contributed by atoms with Crippen LogP contribution in [0.2, 0.25) is 0 Å². The van der Waals surface area contributed by atoms with E-state index >= 15 is 0 Å². The highest BCUT2D eigenvalue weighted by Crippen LogP contribution is 2.65. The van der Waals surface area contributed by atoms with E-state index in [0.717, 1.165) is 6.42 Å². The van der Waals surface area contributed by atoms with Gasteiger partial charge in [-0.15, -0.1) is 0 Å². The summed E-state index contributed by atoms with van der Waals surface area (Å²) < 4.78 is 17.8. The van der Waals surface area contributed by atoms with Crippen molar-refractivity contribution in [3.05, 3.63) is 42.2 Å². The third-order valence-electron chi connectivity index (χ3n) is 6.79. The Hall–Kier alpha value is -3.03. The Kier molecular flexibility index (Phi) is 4.45. The number of hydrogen-bond donors (Lipinski definition) is 1. The fourth-order valence-corrected chi connectivity index (χ4v) is 5.39. The molecule has 30 heavy (non-hydrogen) atoms. The van der Waals surface area contributed by atoms with Crippen molar-refractivity contribution in [3.63, 3.8) is 0 Å². The van der Waals surface area contributed by atoms with Crippen LogP contribution in [0.3, 0.4) is 0 Å². The molecule has 1 saturated heterocycles. The Morgan fingerprint density at radius 3 is 2.23 bits per heavy atom. The average Bonchev–Trinajstić information content (AvgIpc) is 3.52. The molecule has 1 heterocycles. The van der Waals surface area contributed by atoms with E-state index in [-0.39, 0.29) is 48.5 Å². The lowest BCUT2D eigenvalue weighted by molar-refractivity contribution is -0.148. The lowest BCUT2D eigenvalue weighted by atomic mass is 9.63. The smallest absolute Gasteiger partial charge is 0.308 e. The van der Waals surface area contributed by atoms with Gasteiger partial charge in [0.05, 0.1) is 18.3 Å². The average molecular weight is 412 g/mol. The molecule has 7 nitrogen and oxygen atoms in total. The van der Waals surface area contributed by atoms with Gasteiger partial charge in [0, 0.05) is 12.2 Å². The molecule has 6 atom stereocenters. The van der Waals surface area contributed by atoms with Crippen molar-refractivity contribution in [1.29, 1.82) is 0 Å². The molecule has 4 aliphatic carbocycles. The number of amides is 3. The molecule has 1 aromatic carbocycles. The number of nitrogens with zero attached hydrogens (tertiary/aromatic N) is 1. The SMILES string of the molecule is O=C(COC(=O)CCN1C(=O)[C@@H]2[C@H]3C=C[C@@H]([C@@H]4C[C@@H]34)[C@H]2C1=O)Nc1ccc(F)cc1. The second-order valence-corrected chi connectivity index (χ2v) is 8.45. The molecule has 8 heteroatoms. The van der Waals surface area contributed by atoms with Crippen LogP contribution in [0.5, 0.6) is 0 Å². The maximum absolute atomic E-state index is 12.9. The molecule has 0 radical (unpaired) electrons. The van der Waals surface area contributed by atoms with E-state index in [0.29, 0.717) is 17.5 Å². The number of allylic oxidation sites excluding steroid dienone is 2. The van der Waals surface area contributed by atoms with Crippen molar-refractivity contribution in [3.8, 4) is 0 Å². The molecule has 156 valence electrons. The van der Waals surface area contributed by atoms with Gasteiger partial charge in [0.2, 0.25) is 11.8 Å². The predicted molar refractivity (Wildman–Crippen MR) is 102 cm³/mol. The van der Waals surface area contributed by atoms with Crippen molar-refractivity contribution in [2.75, 3.05) is 18.5 Å². The molecular weight excluding hydrogens is 391 g/mol.